The molecule has 2 rings (SSSR count). The van der Waals surface area contributed by atoms with E-state index in [0.717, 1.165) is 11.1 Å². The van der Waals surface area contributed by atoms with Crippen LogP contribution in [0.1, 0.15) is 29.4 Å². The number of amides is 1. The van der Waals surface area contributed by atoms with Gasteiger partial charge in [0.15, 0.2) is 0 Å². The fraction of sp³-hybridized carbons (Fsp3) is 0.267. The normalized spacial score (nSPS) is 12.1. The van der Waals surface area contributed by atoms with Gasteiger partial charge >= 0.3 is 0 Å². The van der Waals surface area contributed by atoms with Crippen LogP contribution in [0.2, 0.25) is 0 Å². The molecule has 104 valence electrons. The molecule has 3 N–H and O–H groups in total. The SMILES string of the molecule is C#CC(CCC)NC(=O)c1sc2ccc(F)cc2c1N. The van der Waals surface area contributed by atoms with Gasteiger partial charge in [-0.3, -0.25) is 4.79 Å². The van der Waals surface area contributed by atoms with E-state index in [1.165, 1.54) is 23.5 Å². The summed E-state index contributed by atoms with van der Waals surface area (Å²) in [5.74, 6) is 1.86. The standard InChI is InChI=1S/C15H15FN2OS/c1-3-5-10(4-2)18-15(19)14-13(17)11-8-9(16)6-7-12(11)20-14/h2,6-8,10H,3,5,17H2,1H3,(H,18,19). The summed E-state index contributed by atoms with van der Waals surface area (Å²) >= 11 is 1.24. The Labute approximate surface area is 121 Å². The summed E-state index contributed by atoms with van der Waals surface area (Å²) in [5, 5.41) is 3.32. The fourth-order valence-electron chi connectivity index (χ4n) is 1.97. The summed E-state index contributed by atoms with van der Waals surface area (Å²) in [7, 11) is 0. The number of rotatable bonds is 4. The molecule has 1 heterocycles. The van der Waals surface area contributed by atoms with E-state index in [2.05, 4.69) is 11.2 Å². The van der Waals surface area contributed by atoms with Crippen LogP contribution in [0.5, 0.6) is 0 Å². The Morgan fingerprint density at radius 3 is 3.00 bits per heavy atom. The van der Waals surface area contributed by atoms with Gasteiger partial charge in [0.25, 0.3) is 5.91 Å². The first-order valence-corrected chi connectivity index (χ1v) is 7.13. The van der Waals surface area contributed by atoms with Gasteiger partial charge in [-0.2, -0.15) is 0 Å². The minimum atomic E-state index is -0.374. The molecule has 0 aliphatic rings. The van der Waals surface area contributed by atoms with E-state index in [-0.39, 0.29) is 17.8 Å². The van der Waals surface area contributed by atoms with Crippen LogP contribution in [0.15, 0.2) is 18.2 Å². The van der Waals surface area contributed by atoms with Gasteiger partial charge in [0, 0.05) is 10.1 Å². The van der Waals surface area contributed by atoms with Crippen LogP contribution < -0.4 is 11.1 Å². The minimum Gasteiger partial charge on any atom is -0.397 e. The zero-order valence-electron chi connectivity index (χ0n) is 11.1. The lowest BCUT2D eigenvalue weighted by Crippen LogP contribution is -2.33. The molecule has 0 saturated heterocycles. The zero-order valence-corrected chi connectivity index (χ0v) is 11.9. The number of thiophene rings is 1. The number of nitrogens with two attached hydrogens (primary N) is 1. The molecule has 0 saturated carbocycles. The number of terminal acetylenes is 1. The highest BCUT2D eigenvalue weighted by Crippen LogP contribution is 2.34. The van der Waals surface area contributed by atoms with Gasteiger partial charge in [-0.1, -0.05) is 19.3 Å². The summed E-state index contributed by atoms with van der Waals surface area (Å²) in [6, 6.07) is 3.99. The molecule has 0 aliphatic carbocycles. The molecule has 0 fully saturated rings. The second kappa shape index (κ2) is 5.93. The van der Waals surface area contributed by atoms with Gasteiger partial charge in [0.2, 0.25) is 0 Å². The first-order chi connectivity index (χ1) is 9.56. The van der Waals surface area contributed by atoms with Crippen molar-refractivity contribution in [3.63, 3.8) is 0 Å². The van der Waals surface area contributed by atoms with Crippen molar-refractivity contribution < 1.29 is 9.18 Å². The lowest BCUT2D eigenvalue weighted by molar-refractivity contribution is 0.0949. The van der Waals surface area contributed by atoms with Gasteiger partial charge in [0.1, 0.15) is 10.7 Å². The molecule has 1 atom stereocenters. The summed E-state index contributed by atoms with van der Waals surface area (Å²) in [6.07, 6.45) is 6.96. The first-order valence-electron chi connectivity index (χ1n) is 6.31. The quantitative estimate of drug-likeness (QED) is 0.850. The average Bonchev–Trinajstić information content (AvgIpc) is 2.75. The van der Waals surface area contributed by atoms with E-state index >= 15 is 0 Å². The Kier molecular flexibility index (Phi) is 4.26. The van der Waals surface area contributed by atoms with Crippen LogP contribution in [0.4, 0.5) is 10.1 Å². The summed E-state index contributed by atoms with van der Waals surface area (Å²) in [4.78, 5) is 12.6. The van der Waals surface area contributed by atoms with Crippen molar-refractivity contribution in [2.75, 3.05) is 5.73 Å². The number of fused-ring (bicyclic) bond motifs is 1. The third kappa shape index (κ3) is 2.75. The van der Waals surface area contributed by atoms with Gasteiger partial charge < -0.3 is 11.1 Å². The Balaban J connectivity index is 2.31. The number of benzene rings is 1. The van der Waals surface area contributed by atoms with E-state index in [1.54, 1.807) is 6.07 Å². The van der Waals surface area contributed by atoms with E-state index in [4.69, 9.17) is 12.2 Å². The van der Waals surface area contributed by atoms with Crippen molar-refractivity contribution in [3.8, 4) is 12.3 Å². The monoisotopic (exact) mass is 290 g/mol. The Morgan fingerprint density at radius 1 is 1.60 bits per heavy atom. The van der Waals surface area contributed by atoms with E-state index in [9.17, 15) is 9.18 Å². The first kappa shape index (κ1) is 14.4. The molecule has 1 aromatic carbocycles. The Hall–Kier alpha value is -2.06. The van der Waals surface area contributed by atoms with Crippen LogP contribution in [-0.4, -0.2) is 11.9 Å². The molecule has 0 bridgehead atoms. The number of carbonyl (C=O) groups is 1. The molecule has 2 aromatic rings. The number of nitrogen functional groups attached to an aromatic ring is 1. The van der Waals surface area contributed by atoms with Gasteiger partial charge in [-0.25, -0.2) is 4.39 Å². The number of halogens is 1. The van der Waals surface area contributed by atoms with Crippen LogP contribution in [0, 0.1) is 18.2 Å². The third-order valence-corrected chi connectivity index (χ3v) is 4.16. The second-order valence-corrected chi connectivity index (χ2v) is 5.52. The number of carbonyl (C=O) groups excluding carboxylic acids is 1. The summed E-state index contributed by atoms with van der Waals surface area (Å²) in [5.41, 5.74) is 6.23. The van der Waals surface area contributed by atoms with Crippen molar-refractivity contribution in [2.24, 2.45) is 0 Å². The van der Waals surface area contributed by atoms with E-state index in [0.29, 0.717) is 22.4 Å². The molecular weight excluding hydrogens is 275 g/mol. The largest absolute Gasteiger partial charge is 0.397 e. The topological polar surface area (TPSA) is 55.1 Å². The molecule has 0 spiro atoms. The molecule has 5 heteroatoms. The maximum Gasteiger partial charge on any atom is 0.264 e. The van der Waals surface area contributed by atoms with Gasteiger partial charge in [-0.15, -0.1) is 17.8 Å². The molecule has 3 nitrogen and oxygen atoms in total. The van der Waals surface area contributed by atoms with Crippen molar-refractivity contribution in [2.45, 2.75) is 25.8 Å². The highest BCUT2D eigenvalue weighted by atomic mass is 32.1. The number of hydrogen-bond acceptors (Lipinski definition) is 3. The zero-order chi connectivity index (χ0) is 14.7. The lowest BCUT2D eigenvalue weighted by Gasteiger charge is -2.11. The van der Waals surface area contributed by atoms with Gasteiger partial charge in [0.05, 0.1) is 11.7 Å². The highest BCUT2D eigenvalue weighted by Gasteiger charge is 2.18. The van der Waals surface area contributed by atoms with Crippen LogP contribution in [0.3, 0.4) is 0 Å². The minimum absolute atomic E-state index is 0.300. The highest BCUT2D eigenvalue weighted by molar-refractivity contribution is 7.21. The fourth-order valence-corrected chi connectivity index (χ4v) is 2.97. The number of hydrogen-bond donors (Lipinski definition) is 2. The third-order valence-electron chi connectivity index (χ3n) is 2.98. The molecule has 20 heavy (non-hydrogen) atoms. The summed E-state index contributed by atoms with van der Waals surface area (Å²) < 4.78 is 14.0. The predicted molar refractivity (Wildman–Crippen MR) is 81.2 cm³/mol. The van der Waals surface area contributed by atoms with E-state index < -0.39 is 0 Å². The average molecular weight is 290 g/mol. The van der Waals surface area contributed by atoms with Crippen molar-refractivity contribution >= 4 is 33.0 Å². The molecule has 0 radical (unpaired) electrons. The number of anilines is 1. The van der Waals surface area contributed by atoms with E-state index in [1.807, 2.05) is 6.92 Å². The number of nitrogens with one attached hydrogen (secondary N) is 1. The molecule has 1 unspecified atom stereocenters. The van der Waals surface area contributed by atoms with Crippen molar-refractivity contribution in [3.05, 3.63) is 28.9 Å². The van der Waals surface area contributed by atoms with Crippen molar-refractivity contribution in [1.82, 2.24) is 5.32 Å². The maximum absolute atomic E-state index is 13.2. The van der Waals surface area contributed by atoms with Crippen LogP contribution in [-0.2, 0) is 0 Å². The van der Waals surface area contributed by atoms with Crippen molar-refractivity contribution in [1.29, 1.82) is 0 Å². The second-order valence-electron chi connectivity index (χ2n) is 4.47. The van der Waals surface area contributed by atoms with Crippen LogP contribution >= 0.6 is 11.3 Å². The molecule has 0 aliphatic heterocycles. The summed E-state index contributed by atoms with van der Waals surface area (Å²) in [6.45, 7) is 1.99. The molecule has 1 aromatic heterocycles. The Morgan fingerprint density at radius 2 is 2.35 bits per heavy atom. The lowest BCUT2D eigenvalue weighted by atomic mass is 10.1. The Bertz CT molecular complexity index is 687. The smallest absolute Gasteiger partial charge is 0.264 e. The van der Waals surface area contributed by atoms with Gasteiger partial charge in [-0.05, 0) is 24.6 Å². The molecule has 1 amide bonds. The predicted octanol–water partition coefficient (Wildman–Crippen LogP) is 3.15. The maximum atomic E-state index is 13.2. The van der Waals surface area contributed by atoms with Crippen LogP contribution in [0.25, 0.3) is 10.1 Å². The molecular formula is C15H15FN2OS.